The predicted molar refractivity (Wildman–Crippen MR) is 70.3 cm³/mol. The monoisotopic (exact) mass is 316 g/mol. The summed E-state index contributed by atoms with van der Waals surface area (Å²) in [4.78, 5) is 23.3. The van der Waals surface area contributed by atoms with Crippen LogP contribution in [0.2, 0.25) is 0 Å². The number of ketones is 1. The topological polar surface area (TPSA) is 59.1 Å². The molecule has 1 aliphatic rings. The maximum absolute atomic E-state index is 11.9. The molecule has 1 aliphatic carbocycles. The first kappa shape index (κ1) is 12.7. The predicted octanol–water partition coefficient (Wildman–Crippen LogP) is 3.09. The number of carbonyl (C=O) groups excluding carboxylic acids is 2. The van der Waals surface area contributed by atoms with E-state index in [0.717, 1.165) is 24.4 Å². The van der Waals surface area contributed by atoms with Crippen LogP contribution in [0.15, 0.2) is 4.60 Å². The van der Waals surface area contributed by atoms with E-state index in [4.69, 9.17) is 0 Å². The number of hydrogen-bond acceptors (Lipinski definition) is 4. The van der Waals surface area contributed by atoms with Crippen molar-refractivity contribution < 1.29 is 9.59 Å². The Morgan fingerprint density at radius 3 is 2.82 bits per heavy atom. The minimum absolute atomic E-state index is 0.00972. The smallest absolute Gasteiger partial charge is 0.228 e. The van der Waals surface area contributed by atoms with Crippen molar-refractivity contribution in [2.45, 2.75) is 26.7 Å². The van der Waals surface area contributed by atoms with Gasteiger partial charge in [-0.3, -0.25) is 9.59 Å². The molecule has 1 aromatic rings. The number of carbonyl (C=O) groups is 2. The minimum Gasteiger partial charge on any atom is -0.316 e. The standard InChI is InChI=1S/C11H13BrN2O2S/c1-3-6-4-7(6)10(16)13-11-8(5(2)15)9(12)14-17-11/h6-7H,3-4H2,1-2H3,(H,13,16)/t6-,7-/m1/s1. The van der Waals surface area contributed by atoms with Crippen LogP contribution < -0.4 is 5.32 Å². The molecule has 1 amide bonds. The number of amides is 1. The highest BCUT2D eigenvalue weighted by Gasteiger charge is 2.41. The number of anilines is 1. The van der Waals surface area contributed by atoms with E-state index in [1.54, 1.807) is 0 Å². The Hall–Kier alpha value is -0.750. The summed E-state index contributed by atoms with van der Waals surface area (Å²) < 4.78 is 4.54. The maximum atomic E-state index is 11.9. The van der Waals surface area contributed by atoms with Crippen LogP contribution in [0.4, 0.5) is 5.00 Å². The van der Waals surface area contributed by atoms with Crippen LogP contribution >= 0.6 is 27.5 Å². The lowest BCUT2D eigenvalue weighted by atomic mass is 10.2. The molecule has 4 nitrogen and oxygen atoms in total. The second kappa shape index (κ2) is 4.86. The van der Waals surface area contributed by atoms with E-state index in [2.05, 4.69) is 32.5 Å². The van der Waals surface area contributed by atoms with Crippen molar-refractivity contribution in [2.24, 2.45) is 11.8 Å². The molecule has 0 bridgehead atoms. The molecule has 6 heteroatoms. The van der Waals surface area contributed by atoms with E-state index in [0.29, 0.717) is 21.1 Å². The SMILES string of the molecule is CC[C@@H]1C[C@H]1C(=O)Nc1snc(Br)c1C(C)=O. The van der Waals surface area contributed by atoms with Crippen molar-refractivity contribution >= 4 is 44.2 Å². The molecule has 1 N–H and O–H groups in total. The lowest BCUT2D eigenvalue weighted by Gasteiger charge is -2.03. The zero-order chi connectivity index (χ0) is 12.6. The van der Waals surface area contributed by atoms with E-state index < -0.39 is 0 Å². The highest BCUT2D eigenvalue weighted by atomic mass is 79.9. The van der Waals surface area contributed by atoms with Crippen LogP contribution in [0.5, 0.6) is 0 Å². The molecule has 17 heavy (non-hydrogen) atoms. The molecule has 0 aliphatic heterocycles. The van der Waals surface area contributed by atoms with E-state index in [1.807, 2.05) is 0 Å². The Balaban J connectivity index is 2.09. The van der Waals surface area contributed by atoms with Gasteiger partial charge in [-0.05, 0) is 46.7 Å². The lowest BCUT2D eigenvalue weighted by molar-refractivity contribution is -0.117. The molecular formula is C11H13BrN2O2S. The first-order valence-electron chi connectivity index (χ1n) is 5.51. The summed E-state index contributed by atoms with van der Waals surface area (Å²) in [7, 11) is 0. The molecule has 1 saturated carbocycles. The number of hydrogen-bond donors (Lipinski definition) is 1. The van der Waals surface area contributed by atoms with Crippen molar-refractivity contribution in [3.8, 4) is 0 Å². The second-order valence-corrected chi connectivity index (χ2v) is 5.76. The number of halogens is 1. The van der Waals surface area contributed by atoms with Crippen LogP contribution in [0.25, 0.3) is 0 Å². The first-order valence-corrected chi connectivity index (χ1v) is 7.08. The largest absolute Gasteiger partial charge is 0.316 e. The zero-order valence-corrected chi connectivity index (χ0v) is 12.0. The molecule has 0 aromatic carbocycles. The van der Waals surface area contributed by atoms with E-state index in [9.17, 15) is 9.59 Å². The molecule has 0 spiro atoms. The maximum Gasteiger partial charge on any atom is 0.228 e. The molecule has 1 heterocycles. The van der Waals surface area contributed by atoms with Crippen LogP contribution in [-0.2, 0) is 4.79 Å². The van der Waals surface area contributed by atoms with Gasteiger partial charge in [-0.25, -0.2) is 0 Å². The van der Waals surface area contributed by atoms with Crippen molar-refractivity contribution in [3.05, 3.63) is 10.2 Å². The van der Waals surface area contributed by atoms with Gasteiger partial charge in [0.05, 0.1) is 5.56 Å². The Morgan fingerprint density at radius 1 is 1.59 bits per heavy atom. The number of rotatable bonds is 4. The fourth-order valence-corrected chi connectivity index (χ4v) is 3.45. The van der Waals surface area contributed by atoms with Gasteiger partial charge in [-0.1, -0.05) is 13.3 Å². The fourth-order valence-electron chi connectivity index (χ4n) is 1.89. The highest BCUT2D eigenvalue weighted by Crippen LogP contribution is 2.42. The summed E-state index contributed by atoms with van der Waals surface area (Å²) in [5, 5.41) is 3.36. The molecule has 1 aromatic heterocycles. The van der Waals surface area contributed by atoms with Gasteiger partial charge in [-0.15, -0.1) is 0 Å². The zero-order valence-electron chi connectivity index (χ0n) is 9.62. The van der Waals surface area contributed by atoms with Crippen LogP contribution in [0, 0.1) is 11.8 Å². The average Bonchev–Trinajstić information content (AvgIpc) is 2.97. The quantitative estimate of drug-likeness (QED) is 0.868. The number of aromatic nitrogens is 1. The van der Waals surface area contributed by atoms with Crippen molar-refractivity contribution in [2.75, 3.05) is 5.32 Å². The first-order chi connectivity index (χ1) is 8.04. The van der Waals surface area contributed by atoms with Gasteiger partial charge in [0, 0.05) is 5.92 Å². The fraction of sp³-hybridized carbons (Fsp3) is 0.545. The number of Topliss-reactive ketones (excluding diaryl/α,β-unsaturated/α-hetero) is 1. The van der Waals surface area contributed by atoms with Gasteiger partial charge >= 0.3 is 0 Å². The number of nitrogens with zero attached hydrogens (tertiary/aromatic N) is 1. The lowest BCUT2D eigenvalue weighted by Crippen LogP contribution is -2.15. The molecule has 0 saturated heterocycles. The molecule has 0 unspecified atom stereocenters. The Labute approximate surface area is 112 Å². The summed E-state index contributed by atoms with van der Waals surface area (Å²) in [6.45, 7) is 3.55. The number of nitrogens with one attached hydrogen (secondary N) is 1. The summed E-state index contributed by atoms with van der Waals surface area (Å²) in [5.41, 5.74) is 0.469. The summed E-state index contributed by atoms with van der Waals surface area (Å²) in [6, 6.07) is 0. The van der Waals surface area contributed by atoms with Gasteiger partial charge in [-0.2, -0.15) is 4.37 Å². The molecule has 0 radical (unpaired) electrons. The summed E-state index contributed by atoms with van der Waals surface area (Å²) in [5.74, 6) is 0.534. The Bertz CT molecular complexity index is 472. The van der Waals surface area contributed by atoms with Crippen LogP contribution in [0.3, 0.4) is 0 Å². The normalized spacial score (nSPS) is 22.3. The molecule has 2 atom stereocenters. The van der Waals surface area contributed by atoms with Gasteiger partial charge in [0.25, 0.3) is 0 Å². The molecular weight excluding hydrogens is 304 g/mol. The third-order valence-corrected chi connectivity index (χ3v) is 4.59. The molecule has 92 valence electrons. The Morgan fingerprint density at radius 2 is 2.29 bits per heavy atom. The van der Waals surface area contributed by atoms with Crippen LogP contribution in [0.1, 0.15) is 37.0 Å². The van der Waals surface area contributed by atoms with Gasteiger partial charge in [0.15, 0.2) is 5.78 Å². The molecule has 1 fully saturated rings. The summed E-state index contributed by atoms with van der Waals surface area (Å²) >= 11 is 4.35. The van der Waals surface area contributed by atoms with Crippen molar-refractivity contribution in [3.63, 3.8) is 0 Å². The van der Waals surface area contributed by atoms with Gasteiger partial charge in [0.2, 0.25) is 5.91 Å². The summed E-state index contributed by atoms with van der Waals surface area (Å²) in [6.07, 6.45) is 1.99. The third kappa shape index (κ3) is 2.57. The van der Waals surface area contributed by atoms with Gasteiger partial charge < -0.3 is 5.32 Å². The second-order valence-electron chi connectivity index (χ2n) is 4.23. The Kier molecular flexibility index (Phi) is 3.63. The molecule has 2 rings (SSSR count). The van der Waals surface area contributed by atoms with E-state index in [1.165, 1.54) is 6.92 Å². The van der Waals surface area contributed by atoms with Crippen molar-refractivity contribution in [1.82, 2.24) is 4.37 Å². The van der Waals surface area contributed by atoms with E-state index >= 15 is 0 Å². The van der Waals surface area contributed by atoms with Crippen LogP contribution in [-0.4, -0.2) is 16.1 Å². The highest BCUT2D eigenvalue weighted by molar-refractivity contribution is 9.10. The average molecular weight is 317 g/mol. The van der Waals surface area contributed by atoms with Crippen molar-refractivity contribution in [1.29, 1.82) is 0 Å². The third-order valence-electron chi connectivity index (χ3n) is 3.02. The van der Waals surface area contributed by atoms with Gasteiger partial charge in [0.1, 0.15) is 9.60 Å². The van der Waals surface area contributed by atoms with E-state index in [-0.39, 0.29) is 17.6 Å². The minimum atomic E-state index is -0.0937.